The minimum atomic E-state index is -1.75. The van der Waals surface area contributed by atoms with Crippen molar-refractivity contribution in [3.8, 4) is 5.75 Å². The van der Waals surface area contributed by atoms with Gasteiger partial charge in [-0.3, -0.25) is 76.7 Å². The number of nitrogens with two attached hydrogens (primary N) is 3. The molecule has 0 aliphatic carbocycles. The summed E-state index contributed by atoms with van der Waals surface area (Å²) in [6, 6.07) is 21.1. The zero-order valence-corrected chi connectivity index (χ0v) is 68.1. The quantitative estimate of drug-likeness (QED) is 0.0197. The van der Waals surface area contributed by atoms with Crippen molar-refractivity contribution >= 4 is 94.6 Å². The molecule has 36 nitrogen and oxygen atoms in total. The first-order valence-electron chi connectivity index (χ1n) is 39.7. The summed E-state index contributed by atoms with van der Waals surface area (Å²) < 4.78 is 0. The fraction of sp³-hybridized carbons (Fsp3) is 0.452. The first kappa shape index (κ1) is 97.9. The summed E-state index contributed by atoms with van der Waals surface area (Å²) in [7, 11) is 0. The van der Waals surface area contributed by atoms with Crippen LogP contribution in [0.2, 0.25) is 0 Å². The third kappa shape index (κ3) is 34.5. The summed E-state index contributed by atoms with van der Waals surface area (Å²) in [5.74, 6) is -17.9. The maximum Gasteiger partial charge on any atom is 0.322 e. The second-order valence-electron chi connectivity index (χ2n) is 29.8. The third-order valence-corrected chi connectivity index (χ3v) is 19.6. The van der Waals surface area contributed by atoms with Gasteiger partial charge in [0.15, 0.2) is 0 Å². The largest absolute Gasteiger partial charge is 0.508 e. The van der Waals surface area contributed by atoms with E-state index < -0.39 is 224 Å². The van der Waals surface area contributed by atoms with E-state index in [0.717, 1.165) is 0 Å². The molecule has 0 spiro atoms. The van der Waals surface area contributed by atoms with Crippen LogP contribution < -0.4 is 86.3 Å². The fourth-order valence-corrected chi connectivity index (χ4v) is 12.4. The Hall–Kier alpha value is -12.7. The van der Waals surface area contributed by atoms with Crippen LogP contribution in [0.1, 0.15) is 121 Å². The highest BCUT2D eigenvalue weighted by Gasteiger charge is 2.39. The summed E-state index contributed by atoms with van der Waals surface area (Å²) in [6.07, 6.45) is -2.56. The molecule has 5 aromatic rings. The van der Waals surface area contributed by atoms with Crippen LogP contribution >= 0.6 is 0 Å². The van der Waals surface area contributed by atoms with Gasteiger partial charge in [0.05, 0.1) is 19.2 Å². The molecule has 5 rings (SSSR count). The number of carboxylic acids is 2. The molecule has 0 radical (unpaired) electrons. The molecule has 0 saturated carbocycles. The maximum atomic E-state index is 15.0. The molecule has 0 aliphatic rings. The number of aliphatic carboxylic acids is 2. The normalized spacial score (nSPS) is 14.3. The van der Waals surface area contributed by atoms with E-state index in [4.69, 9.17) is 17.2 Å². The SMILES string of the molecule is CC[C@H](C)[C@H](NC(=O)[C@@H](NC(=O)[C@H](Cc1ccc(O)cc1)NC(=O)[C@H](CO)NC(=O)CNC(=O)[C@H](Cc1ccccc1)NC(=O)[C@@H](N)C(C)C)C(C)C)C(=O)N[C@@H](CCC(N)=O)C(=O)N[C@@H](CCCCN)C(=O)N[C@@H](Cc1ccccc1)C(=O)N[C@@H](Cc1ccccc1)C(=O)N[C@@H](CCC(=O)O)C(=O)N[C@@H](Cc1ccccc1)C(=O)NCC(=O)O. The van der Waals surface area contributed by atoms with E-state index in [1.165, 1.54) is 24.3 Å². The molecule has 0 fully saturated rings. The molecule has 0 aliphatic heterocycles. The molecule has 650 valence electrons. The van der Waals surface area contributed by atoms with Crippen LogP contribution in [0.25, 0.3) is 0 Å². The van der Waals surface area contributed by atoms with Crippen molar-refractivity contribution in [3.63, 3.8) is 0 Å². The number of benzene rings is 5. The summed E-state index contributed by atoms with van der Waals surface area (Å²) in [6.45, 7) is 7.41. The van der Waals surface area contributed by atoms with Gasteiger partial charge in [-0.25, -0.2) is 0 Å². The standard InChI is InChI=1S/C84H114N16O20/c1-7-50(6)72(100-83(119)71(49(4)5)99-80(116)64(44-55-31-33-56(102)34-32-55)97-81(117)65(47-101)90-67(104)45-88-73(109)61(41-52-24-14-9-15-25-52)98-82(118)70(87)48(2)3)84(120)93-58(35-37-66(86)103)76(112)91-57(30-20-21-39-85)75(111)95-63(43-54-28-18-11-19-29-54)79(115)96-62(42-53-26-16-10-17-27-53)78(114)92-59(36-38-68(105)106)77(113)94-60(74(110)89-46-69(107)108)40-51-22-12-8-13-23-51/h8-19,22-29,31-34,48-50,57-65,70-72,101-102H,7,20-21,30,35-47,85,87H2,1-6H3,(H2,86,103)(H,88,109)(H,89,110)(H,90,104)(H,91,112)(H,92,114)(H,93,120)(H,94,113)(H,95,111)(H,96,115)(H,97,117)(H,98,118)(H,99,116)(H,100,119)(H,105,106)(H,107,108)/t50-,57-,58-,59-,60-,61-,62-,63-,64-,65-,70-,71-,72-/m0/s1. The highest BCUT2D eigenvalue weighted by atomic mass is 16.4. The number of nitrogens with one attached hydrogen (secondary N) is 13. The number of aliphatic hydroxyl groups is 1. The number of unbranched alkanes of at least 4 members (excludes halogenated alkanes) is 1. The lowest BCUT2D eigenvalue weighted by molar-refractivity contribution is -0.139. The number of aromatic hydroxyl groups is 1. The Kier molecular flexibility index (Phi) is 41.4. The lowest BCUT2D eigenvalue weighted by Gasteiger charge is -2.31. The van der Waals surface area contributed by atoms with E-state index in [-0.39, 0.29) is 69.6 Å². The van der Waals surface area contributed by atoms with Gasteiger partial charge in [-0.1, -0.05) is 181 Å². The molecular formula is C84H114N16O20. The molecule has 36 heteroatoms. The van der Waals surface area contributed by atoms with Gasteiger partial charge in [0.25, 0.3) is 0 Å². The molecule has 0 unspecified atom stereocenters. The smallest absolute Gasteiger partial charge is 0.322 e. The van der Waals surface area contributed by atoms with E-state index in [1.54, 1.807) is 163 Å². The third-order valence-electron chi connectivity index (χ3n) is 19.6. The Balaban J connectivity index is 1.39. The summed E-state index contributed by atoms with van der Waals surface area (Å²) in [4.78, 5) is 222. The van der Waals surface area contributed by atoms with Crippen molar-refractivity contribution in [1.29, 1.82) is 0 Å². The number of phenols is 1. The lowest BCUT2D eigenvalue weighted by atomic mass is 9.95. The number of hydrogen-bond donors (Lipinski definition) is 20. The summed E-state index contributed by atoms with van der Waals surface area (Å²) in [5, 5.41) is 72.9. The maximum absolute atomic E-state index is 15.0. The number of aliphatic hydroxyl groups excluding tert-OH is 1. The number of phenolic OH excluding ortho intramolecular Hbond substituents is 1. The van der Waals surface area contributed by atoms with Gasteiger partial charge in [-0.15, -0.1) is 0 Å². The van der Waals surface area contributed by atoms with E-state index in [2.05, 4.69) is 69.1 Å². The number of primary amides is 1. The first-order valence-corrected chi connectivity index (χ1v) is 39.7. The van der Waals surface area contributed by atoms with Crippen LogP contribution in [-0.2, 0) is 109 Å². The molecule has 23 N–H and O–H groups in total. The van der Waals surface area contributed by atoms with Gasteiger partial charge in [0.1, 0.15) is 78.8 Å². The lowest BCUT2D eigenvalue weighted by Crippen LogP contribution is -2.62. The predicted octanol–water partition coefficient (Wildman–Crippen LogP) is -1.51. The van der Waals surface area contributed by atoms with Gasteiger partial charge in [0.2, 0.25) is 82.7 Å². The second-order valence-corrected chi connectivity index (χ2v) is 29.8. The highest BCUT2D eigenvalue weighted by molar-refractivity contribution is 6.00. The zero-order valence-electron chi connectivity index (χ0n) is 68.1. The Morgan fingerprint density at radius 1 is 0.350 bits per heavy atom. The number of rotatable bonds is 52. The van der Waals surface area contributed by atoms with Crippen LogP contribution in [0, 0.1) is 17.8 Å². The van der Waals surface area contributed by atoms with E-state index >= 15 is 4.79 Å². The average Bonchev–Trinajstić information content (AvgIpc) is 0.854. The van der Waals surface area contributed by atoms with Gasteiger partial charge in [0, 0.05) is 44.9 Å². The van der Waals surface area contributed by atoms with E-state index in [0.29, 0.717) is 34.2 Å². The van der Waals surface area contributed by atoms with Crippen molar-refractivity contribution < 1.29 is 97.1 Å². The van der Waals surface area contributed by atoms with Crippen molar-refractivity contribution in [2.45, 2.75) is 198 Å². The van der Waals surface area contributed by atoms with Crippen LogP contribution in [0.5, 0.6) is 5.75 Å². The topological polar surface area (TPSA) is 588 Å². The Labute approximate surface area is 695 Å². The van der Waals surface area contributed by atoms with Crippen LogP contribution in [0.15, 0.2) is 146 Å². The monoisotopic (exact) mass is 1670 g/mol. The molecular weight excluding hydrogens is 1550 g/mol. The Morgan fingerprint density at radius 3 is 1.06 bits per heavy atom. The number of carbonyl (C=O) groups excluding carboxylic acids is 14. The van der Waals surface area contributed by atoms with Gasteiger partial charge >= 0.3 is 11.9 Å². The van der Waals surface area contributed by atoms with Crippen molar-refractivity contribution in [2.75, 3.05) is 26.2 Å². The molecule has 14 amide bonds. The molecule has 0 bridgehead atoms. The van der Waals surface area contributed by atoms with Gasteiger partial charge in [-0.2, -0.15) is 0 Å². The predicted molar refractivity (Wildman–Crippen MR) is 440 cm³/mol. The fourth-order valence-electron chi connectivity index (χ4n) is 12.4. The number of carboxylic acid groups (broad SMARTS) is 2. The molecule has 0 aromatic heterocycles. The highest BCUT2D eigenvalue weighted by Crippen LogP contribution is 2.18. The van der Waals surface area contributed by atoms with Crippen LogP contribution in [-0.4, -0.2) is 214 Å². The first-order chi connectivity index (χ1) is 57.1. The van der Waals surface area contributed by atoms with E-state index in [9.17, 15) is 92.3 Å². The second kappa shape index (κ2) is 50.8. The van der Waals surface area contributed by atoms with Crippen LogP contribution in [0.4, 0.5) is 0 Å². The minimum Gasteiger partial charge on any atom is -0.508 e. The molecule has 5 aromatic carbocycles. The van der Waals surface area contributed by atoms with Crippen molar-refractivity contribution in [3.05, 3.63) is 173 Å². The average molecular weight is 1670 g/mol. The molecule has 13 atom stereocenters. The molecule has 0 saturated heterocycles. The minimum absolute atomic E-state index is 0.0132. The van der Waals surface area contributed by atoms with Gasteiger partial charge in [-0.05, 0) is 96.4 Å². The Bertz CT molecular complexity index is 4240. The summed E-state index contributed by atoms with van der Waals surface area (Å²) >= 11 is 0. The van der Waals surface area contributed by atoms with Crippen LogP contribution in [0.3, 0.4) is 0 Å². The van der Waals surface area contributed by atoms with Crippen molar-refractivity contribution in [2.24, 2.45) is 35.0 Å². The number of amides is 14. The number of carbonyl (C=O) groups is 16. The van der Waals surface area contributed by atoms with E-state index in [1.807, 2.05) is 0 Å². The molecule has 120 heavy (non-hydrogen) atoms. The Morgan fingerprint density at radius 2 is 0.683 bits per heavy atom. The summed E-state index contributed by atoms with van der Waals surface area (Å²) in [5.41, 5.74) is 20.1. The molecule has 0 heterocycles. The van der Waals surface area contributed by atoms with Crippen molar-refractivity contribution in [1.82, 2.24) is 69.1 Å². The number of hydrogen-bond acceptors (Lipinski definition) is 20. The van der Waals surface area contributed by atoms with Gasteiger partial charge < -0.3 is 107 Å². The zero-order chi connectivity index (χ0) is 88.5.